The standard InChI is InChI=1S/C15H25N3O/c1-4-7-18-8-9-19-14(11-16-3)15(18)13-6-5-12(2)17-10-13/h5-6,10,14-16H,4,7-9,11H2,1-3H3. The summed E-state index contributed by atoms with van der Waals surface area (Å²) in [6, 6.07) is 4.59. The van der Waals surface area contributed by atoms with Crippen molar-refractivity contribution >= 4 is 0 Å². The monoisotopic (exact) mass is 263 g/mol. The summed E-state index contributed by atoms with van der Waals surface area (Å²) in [4.78, 5) is 6.97. The molecule has 1 aliphatic rings. The lowest BCUT2D eigenvalue weighted by Crippen LogP contribution is -2.48. The largest absolute Gasteiger partial charge is 0.374 e. The molecule has 19 heavy (non-hydrogen) atoms. The molecule has 106 valence electrons. The number of aromatic nitrogens is 1. The number of nitrogens with one attached hydrogen (secondary N) is 1. The fourth-order valence-electron chi connectivity index (χ4n) is 2.78. The van der Waals surface area contributed by atoms with Crippen molar-refractivity contribution in [3.8, 4) is 0 Å². The second-order valence-corrected chi connectivity index (χ2v) is 5.18. The molecule has 0 aromatic carbocycles. The van der Waals surface area contributed by atoms with Crippen LogP contribution < -0.4 is 5.32 Å². The Kier molecular flexibility index (Phi) is 5.31. The SMILES string of the molecule is CCCN1CCOC(CNC)C1c1ccc(C)nc1. The number of pyridine rings is 1. The second kappa shape index (κ2) is 6.98. The Balaban J connectivity index is 2.23. The molecular weight excluding hydrogens is 238 g/mol. The van der Waals surface area contributed by atoms with E-state index < -0.39 is 0 Å². The molecule has 1 aromatic heterocycles. The van der Waals surface area contributed by atoms with E-state index >= 15 is 0 Å². The van der Waals surface area contributed by atoms with Gasteiger partial charge >= 0.3 is 0 Å². The van der Waals surface area contributed by atoms with E-state index in [1.54, 1.807) is 0 Å². The Bertz CT molecular complexity index is 361. The summed E-state index contributed by atoms with van der Waals surface area (Å²) in [5.74, 6) is 0. The van der Waals surface area contributed by atoms with E-state index in [-0.39, 0.29) is 6.10 Å². The molecule has 1 fully saturated rings. The topological polar surface area (TPSA) is 37.4 Å². The smallest absolute Gasteiger partial charge is 0.0896 e. The van der Waals surface area contributed by atoms with Crippen LogP contribution in [0, 0.1) is 6.92 Å². The van der Waals surface area contributed by atoms with Gasteiger partial charge in [-0.2, -0.15) is 0 Å². The Morgan fingerprint density at radius 3 is 2.95 bits per heavy atom. The fraction of sp³-hybridized carbons (Fsp3) is 0.667. The highest BCUT2D eigenvalue weighted by Gasteiger charge is 2.32. The quantitative estimate of drug-likeness (QED) is 0.878. The fourth-order valence-corrected chi connectivity index (χ4v) is 2.78. The number of aryl methyl sites for hydroxylation is 1. The van der Waals surface area contributed by atoms with Crippen LogP contribution in [-0.4, -0.2) is 49.3 Å². The average molecular weight is 263 g/mol. The number of ether oxygens (including phenoxy) is 1. The van der Waals surface area contributed by atoms with Crippen molar-refractivity contribution in [1.82, 2.24) is 15.2 Å². The van der Waals surface area contributed by atoms with Crippen molar-refractivity contribution in [3.05, 3.63) is 29.6 Å². The van der Waals surface area contributed by atoms with Crippen molar-refractivity contribution in [2.45, 2.75) is 32.4 Å². The van der Waals surface area contributed by atoms with Gasteiger partial charge in [-0.15, -0.1) is 0 Å². The van der Waals surface area contributed by atoms with E-state index in [1.165, 1.54) is 12.0 Å². The lowest BCUT2D eigenvalue weighted by atomic mass is 9.99. The molecule has 1 aliphatic heterocycles. The zero-order valence-corrected chi connectivity index (χ0v) is 12.2. The molecule has 2 atom stereocenters. The average Bonchev–Trinajstić information content (AvgIpc) is 2.41. The van der Waals surface area contributed by atoms with Crippen LogP contribution in [0.4, 0.5) is 0 Å². The predicted molar refractivity (Wildman–Crippen MR) is 77.2 cm³/mol. The van der Waals surface area contributed by atoms with Crippen LogP contribution >= 0.6 is 0 Å². The van der Waals surface area contributed by atoms with Gasteiger partial charge in [0.1, 0.15) is 0 Å². The first-order chi connectivity index (χ1) is 9.26. The first kappa shape index (κ1) is 14.4. The number of likely N-dealkylation sites (N-methyl/N-ethyl adjacent to an activating group) is 1. The minimum atomic E-state index is 0.204. The lowest BCUT2D eigenvalue weighted by Gasteiger charge is -2.41. The first-order valence-corrected chi connectivity index (χ1v) is 7.19. The van der Waals surface area contributed by atoms with Gasteiger partial charge in [0.2, 0.25) is 0 Å². The van der Waals surface area contributed by atoms with Crippen LogP contribution in [0.15, 0.2) is 18.3 Å². The maximum atomic E-state index is 5.96. The van der Waals surface area contributed by atoms with Gasteiger partial charge in [0.25, 0.3) is 0 Å². The van der Waals surface area contributed by atoms with E-state index in [4.69, 9.17) is 4.74 Å². The zero-order valence-electron chi connectivity index (χ0n) is 12.2. The molecule has 4 nitrogen and oxygen atoms in total. The van der Waals surface area contributed by atoms with Crippen LogP contribution in [0.2, 0.25) is 0 Å². The summed E-state index contributed by atoms with van der Waals surface area (Å²) in [6.07, 6.45) is 3.37. The number of nitrogens with zero attached hydrogens (tertiary/aromatic N) is 2. The zero-order chi connectivity index (χ0) is 13.7. The second-order valence-electron chi connectivity index (χ2n) is 5.18. The van der Waals surface area contributed by atoms with Crippen LogP contribution in [-0.2, 0) is 4.74 Å². The third kappa shape index (κ3) is 3.53. The lowest BCUT2D eigenvalue weighted by molar-refractivity contribution is -0.0705. The molecule has 0 radical (unpaired) electrons. The van der Waals surface area contributed by atoms with Crippen molar-refractivity contribution in [2.75, 3.05) is 33.3 Å². The molecule has 0 spiro atoms. The molecular formula is C15H25N3O. The summed E-state index contributed by atoms with van der Waals surface area (Å²) in [5, 5.41) is 3.24. The number of rotatable bonds is 5. The van der Waals surface area contributed by atoms with Crippen molar-refractivity contribution in [2.24, 2.45) is 0 Å². The Morgan fingerprint density at radius 1 is 1.47 bits per heavy atom. The predicted octanol–water partition coefficient (Wildman–Crippen LogP) is 1.76. The van der Waals surface area contributed by atoms with Crippen LogP contribution in [0.25, 0.3) is 0 Å². The molecule has 2 heterocycles. The van der Waals surface area contributed by atoms with Gasteiger partial charge in [0, 0.05) is 25.0 Å². The van der Waals surface area contributed by atoms with Gasteiger partial charge in [-0.25, -0.2) is 0 Å². The third-order valence-electron chi connectivity index (χ3n) is 3.65. The van der Waals surface area contributed by atoms with Crippen molar-refractivity contribution in [3.63, 3.8) is 0 Å². The first-order valence-electron chi connectivity index (χ1n) is 7.19. The Morgan fingerprint density at radius 2 is 2.32 bits per heavy atom. The van der Waals surface area contributed by atoms with Gasteiger partial charge < -0.3 is 10.1 Å². The van der Waals surface area contributed by atoms with Gasteiger partial charge in [-0.1, -0.05) is 13.0 Å². The minimum absolute atomic E-state index is 0.204. The molecule has 2 rings (SSSR count). The molecule has 0 saturated carbocycles. The normalized spacial score (nSPS) is 24.6. The summed E-state index contributed by atoms with van der Waals surface area (Å²) in [7, 11) is 1.98. The Hall–Kier alpha value is -0.970. The summed E-state index contributed by atoms with van der Waals surface area (Å²) >= 11 is 0. The van der Waals surface area contributed by atoms with Crippen LogP contribution in [0.5, 0.6) is 0 Å². The van der Waals surface area contributed by atoms with E-state index in [9.17, 15) is 0 Å². The van der Waals surface area contributed by atoms with Crippen molar-refractivity contribution in [1.29, 1.82) is 0 Å². The number of hydrogen-bond acceptors (Lipinski definition) is 4. The molecule has 0 amide bonds. The molecule has 1 saturated heterocycles. The van der Waals surface area contributed by atoms with Crippen LogP contribution in [0.3, 0.4) is 0 Å². The highest BCUT2D eigenvalue weighted by molar-refractivity contribution is 5.19. The molecule has 0 aliphatic carbocycles. The molecule has 2 unspecified atom stereocenters. The van der Waals surface area contributed by atoms with E-state index in [2.05, 4.69) is 34.3 Å². The maximum absolute atomic E-state index is 5.96. The van der Waals surface area contributed by atoms with Gasteiger partial charge in [0.15, 0.2) is 0 Å². The van der Waals surface area contributed by atoms with E-state index in [1.807, 2.05) is 20.2 Å². The highest BCUT2D eigenvalue weighted by atomic mass is 16.5. The summed E-state index contributed by atoms with van der Waals surface area (Å²) in [6.45, 7) is 8.07. The molecule has 0 bridgehead atoms. The van der Waals surface area contributed by atoms with Gasteiger partial charge in [0.05, 0.1) is 18.8 Å². The third-order valence-corrected chi connectivity index (χ3v) is 3.65. The number of hydrogen-bond donors (Lipinski definition) is 1. The van der Waals surface area contributed by atoms with Crippen molar-refractivity contribution < 1.29 is 4.74 Å². The molecule has 1 N–H and O–H groups in total. The summed E-state index contributed by atoms with van der Waals surface area (Å²) in [5.41, 5.74) is 2.33. The van der Waals surface area contributed by atoms with Crippen LogP contribution in [0.1, 0.15) is 30.6 Å². The highest BCUT2D eigenvalue weighted by Crippen LogP contribution is 2.29. The van der Waals surface area contributed by atoms with Gasteiger partial charge in [-0.3, -0.25) is 9.88 Å². The molecule has 1 aromatic rings. The molecule has 4 heteroatoms. The maximum Gasteiger partial charge on any atom is 0.0896 e. The number of morpholine rings is 1. The minimum Gasteiger partial charge on any atom is -0.374 e. The van der Waals surface area contributed by atoms with E-state index in [0.29, 0.717) is 6.04 Å². The Labute approximate surface area is 116 Å². The summed E-state index contributed by atoms with van der Waals surface area (Å²) < 4.78 is 5.96. The van der Waals surface area contributed by atoms with E-state index in [0.717, 1.165) is 31.9 Å². The van der Waals surface area contributed by atoms with Gasteiger partial charge in [-0.05, 0) is 38.6 Å².